The molecule has 0 radical (unpaired) electrons. The van der Waals surface area contributed by atoms with Crippen LogP contribution in [0.1, 0.15) is 30.9 Å². The zero-order valence-corrected chi connectivity index (χ0v) is 13.9. The maximum atomic E-state index is 2.49. The van der Waals surface area contributed by atoms with Crippen LogP contribution in [-0.4, -0.2) is 26.2 Å². The smallest absolute Gasteiger partial charge is 0.0367 e. The van der Waals surface area contributed by atoms with Crippen molar-refractivity contribution >= 4 is 11.4 Å². The molecular formula is C20H26N2. The molecule has 0 aromatic heterocycles. The van der Waals surface area contributed by atoms with Gasteiger partial charge in [0.1, 0.15) is 0 Å². The van der Waals surface area contributed by atoms with Crippen LogP contribution in [0.3, 0.4) is 0 Å². The monoisotopic (exact) mass is 294 g/mol. The summed E-state index contributed by atoms with van der Waals surface area (Å²) in [5.74, 6) is 0.604. The van der Waals surface area contributed by atoms with Gasteiger partial charge >= 0.3 is 0 Å². The Hall–Kier alpha value is -1.96. The quantitative estimate of drug-likeness (QED) is 0.825. The first kappa shape index (κ1) is 15.0. The summed E-state index contributed by atoms with van der Waals surface area (Å²) in [4.78, 5) is 4.98. The maximum absolute atomic E-state index is 2.49. The van der Waals surface area contributed by atoms with Gasteiger partial charge in [0.05, 0.1) is 0 Å². The topological polar surface area (TPSA) is 6.48 Å². The fourth-order valence-electron chi connectivity index (χ4n) is 3.05. The van der Waals surface area contributed by atoms with Gasteiger partial charge in [-0.05, 0) is 42.7 Å². The van der Waals surface area contributed by atoms with Crippen LogP contribution < -0.4 is 9.80 Å². The summed E-state index contributed by atoms with van der Waals surface area (Å²) in [5, 5.41) is 0. The maximum Gasteiger partial charge on any atom is 0.0367 e. The second-order valence-electron chi connectivity index (χ2n) is 6.56. The van der Waals surface area contributed by atoms with Gasteiger partial charge in [-0.3, -0.25) is 0 Å². The van der Waals surface area contributed by atoms with Crippen molar-refractivity contribution < 1.29 is 0 Å². The van der Waals surface area contributed by atoms with E-state index in [0.717, 1.165) is 26.2 Å². The molecule has 2 nitrogen and oxygen atoms in total. The molecule has 0 saturated carbocycles. The first-order valence-corrected chi connectivity index (χ1v) is 8.30. The van der Waals surface area contributed by atoms with E-state index in [0.29, 0.717) is 5.92 Å². The van der Waals surface area contributed by atoms with Gasteiger partial charge in [-0.25, -0.2) is 0 Å². The summed E-state index contributed by atoms with van der Waals surface area (Å²) in [6.07, 6.45) is 0. The third kappa shape index (κ3) is 3.27. The SMILES string of the molecule is Cc1ccc(N2CCN(c3ccc(C(C)C)cc3)CC2)cc1. The summed E-state index contributed by atoms with van der Waals surface area (Å²) < 4.78 is 0. The Morgan fingerprint density at radius 2 is 1.09 bits per heavy atom. The van der Waals surface area contributed by atoms with Crippen molar-refractivity contribution in [2.24, 2.45) is 0 Å². The minimum absolute atomic E-state index is 0.604. The normalized spacial score (nSPS) is 15.5. The van der Waals surface area contributed by atoms with Crippen LogP contribution in [0, 0.1) is 6.92 Å². The van der Waals surface area contributed by atoms with Crippen molar-refractivity contribution in [2.75, 3.05) is 36.0 Å². The molecule has 0 spiro atoms. The van der Waals surface area contributed by atoms with Crippen LogP contribution in [0.5, 0.6) is 0 Å². The van der Waals surface area contributed by atoms with E-state index < -0.39 is 0 Å². The van der Waals surface area contributed by atoms with E-state index in [1.807, 2.05) is 0 Å². The van der Waals surface area contributed by atoms with Gasteiger partial charge in [0.25, 0.3) is 0 Å². The van der Waals surface area contributed by atoms with E-state index in [1.54, 1.807) is 0 Å². The molecule has 0 unspecified atom stereocenters. The molecule has 22 heavy (non-hydrogen) atoms. The van der Waals surface area contributed by atoms with Crippen LogP contribution in [0.4, 0.5) is 11.4 Å². The van der Waals surface area contributed by atoms with Crippen LogP contribution in [0.2, 0.25) is 0 Å². The highest BCUT2D eigenvalue weighted by Crippen LogP contribution is 2.23. The second kappa shape index (κ2) is 6.43. The lowest BCUT2D eigenvalue weighted by atomic mass is 10.0. The van der Waals surface area contributed by atoms with Crippen molar-refractivity contribution in [1.29, 1.82) is 0 Å². The number of hydrogen-bond donors (Lipinski definition) is 0. The van der Waals surface area contributed by atoms with Gasteiger partial charge in [-0.2, -0.15) is 0 Å². The first-order chi connectivity index (χ1) is 10.6. The molecule has 1 saturated heterocycles. The predicted octanol–water partition coefficient (Wildman–Crippen LogP) is 4.45. The van der Waals surface area contributed by atoms with E-state index >= 15 is 0 Å². The average molecular weight is 294 g/mol. The van der Waals surface area contributed by atoms with Gasteiger partial charge in [-0.1, -0.05) is 43.7 Å². The van der Waals surface area contributed by atoms with Crippen LogP contribution in [-0.2, 0) is 0 Å². The molecule has 116 valence electrons. The summed E-state index contributed by atoms with van der Waals surface area (Å²) in [7, 11) is 0. The summed E-state index contributed by atoms with van der Waals surface area (Å²) in [6, 6.07) is 18.0. The Bertz CT molecular complexity index is 591. The lowest BCUT2D eigenvalue weighted by Gasteiger charge is -2.37. The van der Waals surface area contributed by atoms with Gasteiger partial charge < -0.3 is 9.80 Å². The van der Waals surface area contributed by atoms with Crippen molar-refractivity contribution in [3.8, 4) is 0 Å². The summed E-state index contributed by atoms with van der Waals surface area (Å²) >= 11 is 0. The number of hydrogen-bond acceptors (Lipinski definition) is 2. The summed E-state index contributed by atoms with van der Waals surface area (Å²) in [6.45, 7) is 11.0. The van der Waals surface area contributed by atoms with Crippen LogP contribution >= 0.6 is 0 Å². The molecule has 1 aliphatic rings. The van der Waals surface area contributed by atoms with E-state index in [2.05, 4.69) is 79.1 Å². The Balaban J connectivity index is 1.62. The van der Waals surface area contributed by atoms with E-state index in [9.17, 15) is 0 Å². The highest BCUT2D eigenvalue weighted by Gasteiger charge is 2.17. The molecular weight excluding hydrogens is 268 g/mol. The molecule has 0 aliphatic carbocycles. The number of aryl methyl sites for hydroxylation is 1. The molecule has 3 rings (SSSR count). The van der Waals surface area contributed by atoms with Crippen LogP contribution in [0.15, 0.2) is 48.5 Å². The molecule has 2 aromatic carbocycles. The minimum Gasteiger partial charge on any atom is -0.368 e. The Morgan fingerprint density at radius 1 is 0.682 bits per heavy atom. The zero-order valence-electron chi connectivity index (χ0n) is 13.9. The minimum atomic E-state index is 0.604. The summed E-state index contributed by atoms with van der Waals surface area (Å²) in [5.41, 5.74) is 5.45. The number of benzene rings is 2. The van der Waals surface area contributed by atoms with Gasteiger partial charge in [-0.15, -0.1) is 0 Å². The van der Waals surface area contributed by atoms with Crippen molar-refractivity contribution in [3.63, 3.8) is 0 Å². The fourth-order valence-corrected chi connectivity index (χ4v) is 3.05. The Labute approximate surface area is 134 Å². The van der Waals surface area contributed by atoms with Gasteiger partial charge in [0.2, 0.25) is 0 Å². The van der Waals surface area contributed by atoms with Gasteiger partial charge in [0.15, 0.2) is 0 Å². The Kier molecular flexibility index (Phi) is 4.37. The molecule has 0 amide bonds. The Morgan fingerprint density at radius 3 is 1.50 bits per heavy atom. The number of anilines is 2. The van der Waals surface area contributed by atoms with E-state index in [-0.39, 0.29) is 0 Å². The van der Waals surface area contributed by atoms with Crippen molar-refractivity contribution in [1.82, 2.24) is 0 Å². The lowest BCUT2D eigenvalue weighted by Crippen LogP contribution is -2.46. The standard InChI is InChI=1S/C20H26N2/c1-16(2)18-6-10-20(11-7-18)22-14-12-21(13-15-22)19-8-4-17(3)5-9-19/h4-11,16H,12-15H2,1-3H3. The molecule has 2 heteroatoms. The van der Waals surface area contributed by atoms with E-state index in [1.165, 1.54) is 22.5 Å². The van der Waals surface area contributed by atoms with Gasteiger partial charge in [0, 0.05) is 37.6 Å². The molecule has 0 N–H and O–H groups in total. The number of nitrogens with zero attached hydrogens (tertiary/aromatic N) is 2. The molecule has 1 fully saturated rings. The van der Waals surface area contributed by atoms with Crippen LogP contribution in [0.25, 0.3) is 0 Å². The highest BCUT2D eigenvalue weighted by atomic mass is 15.3. The molecule has 1 aliphatic heterocycles. The van der Waals surface area contributed by atoms with E-state index in [4.69, 9.17) is 0 Å². The molecule has 2 aromatic rings. The highest BCUT2D eigenvalue weighted by molar-refractivity contribution is 5.52. The molecule has 0 bridgehead atoms. The molecule has 0 atom stereocenters. The van der Waals surface area contributed by atoms with Crippen molar-refractivity contribution in [2.45, 2.75) is 26.7 Å². The number of rotatable bonds is 3. The lowest BCUT2D eigenvalue weighted by molar-refractivity contribution is 0.653. The van der Waals surface area contributed by atoms with Crippen molar-refractivity contribution in [3.05, 3.63) is 59.7 Å². The largest absolute Gasteiger partial charge is 0.368 e. The zero-order chi connectivity index (χ0) is 15.5. The second-order valence-corrected chi connectivity index (χ2v) is 6.56. The number of piperazine rings is 1. The fraction of sp³-hybridized carbons (Fsp3) is 0.400. The first-order valence-electron chi connectivity index (χ1n) is 8.30. The average Bonchev–Trinajstić information content (AvgIpc) is 2.56. The predicted molar refractivity (Wildman–Crippen MR) is 96.1 cm³/mol. The third-order valence-electron chi connectivity index (χ3n) is 4.60. The molecule has 1 heterocycles. The third-order valence-corrected chi connectivity index (χ3v) is 4.60.